The minimum Gasteiger partial charge on any atom is -0.370 e. The Morgan fingerprint density at radius 1 is 0.640 bits per heavy atom. The summed E-state index contributed by atoms with van der Waals surface area (Å²) in [5.41, 5.74) is 18.4. The summed E-state index contributed by atoms with van der Waals surface area (Å²) in [6.07, 6.45) is 4.81. The maximum atomic E-state index is 15.1. The lowest BCUT2D eigenvalue weighted by atomic mass is 9.73. The lowest BCUT2D eigenvalue weighted by Crippen LogP contribution is -2.66. The number of carbonyl (C=O) groups excluding carboxylic acids is 8. The number of nitrogens with one attached hydrogen (secondary N) is 8. The third-order valence-corrected chi connectivity index (χ3v) is 14.1. The SMILES string of the molecule is CCCC[C@H](NC(C)=O)C(=O)N[C@@H](CS)C(=O)NC1(C(=O)N[C@H](Cc2ccccc2)C(=O)N[C@@H](CCCN=C(N)N)C(=O)N[C@@H](Cc2c[nH]c3ccccc23)C(=O)N[C@@H](CS)C(N)=O)CCC(c2ccccc2)CC1. The highest BCUT2D eigenvalue weighted by Crippen LogP contribution is 2.38. The first-order chi connectivity index (χ1) is 36.0. The Bertz CT molecular complexity index is 2610. The normalized spacial score (nSPS) is 17.6. The Kier molecular flexibility index (Phi) is 22.8. The number of aromatic amines is 1. The molecule has 1 aromatic heterocycles. The number of amides is 8. The average molecular weight is 1070 g/mol. The van der Waals surface area contributed by atoms with E-state index in [4.69, 9.17) is 17.2 Å². The van der Waals surface area contributed by atoms with E-state index in [1.54, 1.807) is 36.5 Å². The van der Waals surface area contributed by atoms with E-state index < -0.39 is 89.0 Å². The number of hydrogen-bond donors (Lipinski definition) is 13. The average Bonchev–Trinajstić information content (AvgIpc) is 3.81. The monoisotopic (exact) mass is 1070 g/mol. The van der Waals surface area contributed by atoms with Gasteiger partial charge in [0.25, 0.3) is 0 Å². The van der Waals surface area contributed by atoms with Crippen molar-refractivity contribution in [3.63, 3.8) is 0 Å². The quantitative estimate of drug-likeness (QED) is 0.0169. The maximum Gasteiger partial charge on any atom is 0.246 e. The summed E-state index contributed by atoms with van der Waals surface area (Å²) in [5.74, 6) is -5.82. The third-order valence-electron chi connectivity index (χ3n) is 13.3. The molecule has 1 heterocycles. The summed E-state index contributed by atoms with van der Waals surface area (Å²) in [4.78, 5) is 118. The summed E-state index contributed by atoms with van der Waals surface area (Å²) in [6.45, 7) is 3.34. The van der Waals surface area contributed by atoms with Crippen LogP contribution in [0.2, 0.25) is 0 Å². The largest absolute Gasteiger partial charge is 0.370 e. The highest BCUT2D eigenvalue weighted by atomic mass is 32.1. The number of aliphatic imine (C=N–C) groups is 1. The standard InChI is InChI=1S/C53H72N12O8S2/c1-3-4-19-39(59-32(2)66)46(68)63-44(31-75)50(72)65-53(24-22-35(23-25-53)34-16-9-6-10-17-34)51(73)64-41(27-33-14-7-5-8-15-33)48(70)60-40(21-13-26-57-52(55)56)47(69)61-42(49(71)62-43(30-74)45(54)67)28-36-29-58-38-20-12-11-18-37(36)38/h5-12,14-18,20,29,35,39-44,58,74-75H,3-4,13,19,21-28,30-31H2,1-2H3,(H2,54,67)(H,59,66)(H,60,70)(H,61,69)(H,62,71)(H,63,68)(H,64,73)(H,65,72)(H4,55,56,57)/t35?,39-,40-,41+,42-,43-,44-,53?/m0/s1. The van der Waals surface area contributed by atoms with E-state index in [0.29, 0.717) is 36.8 Å². The molecule has 5 rings (SSSR count). The summed E-state index contributed by atoms with van der Waals surface area (Å²) < 4.78 is 0. The number of hydrogen-bond acceptors (Lipinski definition) is 11. The van der Waals surface area contributed by atoms with Crippen molar-refractivity contribution in [2.45, 2.75) is 132 Å². The van der Waals surface area contributed by atoms with Gasteiger partial charge in [-0.3, -0.25) is 43.3 Å². The predicted molar refractivity (Wildman–Crippen MR) is 294 cm³/mol. The molecule has 0 unspecified atom stereocenters. The molecule has 75 heavy (non-hydrogen) atoms. The number of benzene rings is 3. The highest BCUT2D eigenvalue weighted by Gasteiger charge is 2.46. The molecule has 20 nitrogen and oxygen atoms in total. The number of fused-ring (bicyclic) bond motifs is 1. The van der Waals surface area contributed by atoms with E-state index in [-0.39, 0.29) is 68.5 Å². The van der Waals surface area contributed by atoms with Crippen molar-refractivity contribution in [1.82, 2.24) is 42.2 Å². The van der Waals surface area contributed by atoms with Crippen LogP contribution in [0.15, 0.2) is 96.1 Å². The van der Waals surface area contributed by atoms with Gasteiger partial charge >= 0.3 is 0 Å². The number of aromatic nitrogens is 1. The van der Waals surface area contributed by atoms with E-state index in [1.807, 2.05) is 61.5 Å². The molecule has 8 amide bonds. The van der Waals surface area contributed by atoms with Crippen molar-refractivity contribution in [1.29, 1.82) is 0 Å². The van der Waals surface area contributed by atoms with Crippen LogP contribution in [0, 0.1) is 0 Å². The van der Waals surface area contributed by atoms with Gasteiger partial charge in [-0.05, 0) is 73.6 Å². The van der Waals surface area contributed by atoms with Gasteiger partial charge < -0.3 is 59.4 Å². The van der Waals surface area contributed by atoms with Gasteiger partial charge in [-0.1, -0.05) is 98.6 Å². The molecule has 3 aromatic carbocycles. The Balaban J connectivity index is 1.46. The van der Waals surface area contributed by atoms with Crippen LogP contribution in [-0.2, 0) is 51.2 Å². The number of thiol groups is 2. The first-order valence-electron chi connectivity index (χ1n) is 25.3. The Labute approximate surface area is 448 Å². The van der Waals surface area contributed by atoms with Gasteiger partial charge in [0.2, 0.25) is 47.3 Å². The first-order valence-corrected chi connectivity index (χ1v) is 26.6. The van der Waals surface area contributed by atoms with Crippen LogP contribution in [-0.4, -0.2) is 118 Å². The van der Waals surface area contributed by atoms with Crippen molar-refractivity contribution >= 4 is 89.4 Å². The number of nitrogens with zero attached hydrogens (tertiary/aromatic N) is 1. The molecule has 0 radical (unpaired) electrons. The third kappa shape index (κ3) is 17.5. The summed E-state index contributed by atoms with van der Waals surface area (Å²) in [6, 6.07) is 18.9. The molecule has 0 aliphatic heterocycles. The minimum atomic E-state index is -1.58. The second kappa shape index (κ2) is 29.1. The molecule has 1 saturated carbocycles. The second-order valence-electron chi connectivity index (χ2n) is 18.9. The fourth-order valence-corrected chi connectivity index (χ4v) is 9.70. The number of carbonyl (C=O) groups is 8. The minimum absolute atomic E-state index is 0.0265. The van der Waals surface area contributed by atoms with Crippen LogP contribution >= 0.6 is 25.3 Å². The van der Waals surface area contributed by atoms with Crippen LogP contribution in [0.1, 0.15) is 94.2 Å². The van der Waals surface area contributed by atoms with Gasteiger partial charge in [0.1, 0.15) is 41.8 Å². The Morgan fingerprint density at radius 3 is 1.77 bits per heavy atom. The van der Waals surface area contributed by atoms with Gasteiger partial charge in [0.05, 0.1) is 0 Å². The van der Waals surface area contributed by atoms with E-state index >= 15 is 4.79 Å². The van der Waals surface area contributed by atoms with Crippen molar-refractivity contribution in [2.75, 3.05) is 18.1 Å². The molecule has 0 saturated heterocycles. The molecule has 4 aromatic rings. The van der Waals surface area contributed by atoms with Gasteiger partial charge in [0.15, 0.2) is 5.96 Å². The van der Waals surface area contributed by atoms with Crippen LogP contribution in [0.3, 0.4) is 0 Å². The lowest BCUT2D eigenvalue weighted by Gasteiger charge is -2.41. The van der Waals surface area contributed by atoms with E-state index in [0.717, 1.165) is 22.9 Å². The molecule has 1 fully saturated rings. The number of unbranched alkanes of at least 4 members (excludes halogenated alkanes) is 1. The molecular formula is C53H72N12O8S2. The van der Waals surface area contributed by atoms with Gasteiger partial charge in [-0.2, -0.15) is 25.3 Å². The van der Waals surface area contributed by atoms with Gasteiger partial charge in [-0.25, -0.2) is 0 Å². The van der Waals surface area contributed by atoms with Crippen molar-refractivity contribution in [2.24, 2.45) is 22.2 Å². The van der Waals surface area contributed by atoms with Gasteiger partial charge in [-0.15, -0.1) is 0 Å². The van der Waals surface area contributed by atoms with Crippen LogP contribution in [0.4, 0.5) is 0 Å². The van der Waals surface area contributed by atoms with Crippen LogP contribution in [0.25, 0.3) is 10.9 Å². The smallest absolute Gasteiger partial charge is 0.246 e. The molecule has 14 N–H and O–H groups in total. The Hall–Kier alpha value is -7.07. The molecule has 6 atom stereocenters. The zero-order chi connectivity index (χ0) is 54.5. The number of guanidine groups is 1. The van der Waals surface area contributed by atoms with E-state index in [2.05, 4.69) is 72.5 Å². The molecule has 22 heteroatoms. The maximum absolute atomic E-state index is 15.1. The topological polar surface area (TPSA) is 327 Å². The van der Waals surface area contributed by atoms with Gasteiger partial charge in [0, 0.05) is 54.9 Å². The number of para-hydroxylation sites is 1. The number of rotatable bonds is 28. The summed E-state index contributed by atoms with van der Waals surface area (Å²) in [5, 5.41) is 20.3. The fourth-order valence-electron chi connectivity index (χ4n) is 9.17. The highest BCUT2D eigenvalue weighted by molar-refractivity contribution is 7.80. The first kappa shape index (κ1) is 58.8. The lowest BCUT2D eigenvalue weighted by molar-refractivity contribution is -0.139. The molecule has 404 valence electrons. The van der Waals surface area contributed by atoms with Crippen molar-refractivity contribution in [3.05, 3.63) is 108 Å². The number of nitrogens with two attached hydrogens (primary N) is 3. The van der Waals surface area contributed by atoms with E-state index in [9.17, 15) is 33.6 Å². The Morgan fingerprint density at radius 2 is 1.17 bits per heavy atom. The summed E-state index contributed by atoms with van der Waals surface area (Å²) >= 11 is 8.58. The molecule has 1 aliphatic carbocycles. The van der Waals surface area contributed by atoms with Crippen molar-refractivity contribution < 1.29 is 38.4 Å². The molecule has 0 spiro atoms. The summed E-state index contributed by atoms with van der Waals surface area (Å²) in [7, 11) is 0. The molecular weight excluding hydrogens is 997 g/mol. The van der Waals surface area contributed by atoms with E-state index in [1.165, 1.54) is 6.92 Å². The zero-order valence-corrected chi connectivity index (χ0v) is 44.2. The number of primary amides is 1. The zero-order valence-electron chi connectivity index (χ0n) is 42.4. The van der Waals surface area contributed by atoms with Crippen molar-refractivity contribution in [3.8, 4) is 0 Å². The van der Waals surface area contributed by atoms with Crippen LogP contribution < -0.4 is 54.4 Å². The fraction of sp³-hybridized carbons (Fsp3) is 0.453. The second-order valence-corrected chi connectivity index (χ2v) is 19.6. The number of H-pyrrole nitrogens is 1. The molecule has 1 aliphatic rings. The van der Waals surface area contributed by atoms with Crippen LogP contribution in [0.5, 0.6) is 0 Å². The molecule has 0 bridgehead atoms. The predicted octanol–water partition coefficient (Wildman–Crippen LogP) is 1.68.